The molecule has 0 bridgehead atoms. The van der Waals surface area contributed by atoms with Gasteiger partial charge >= 0.3 is 0 Å². The molecule has 0 amide bonds. The lowest BCUT2D eigenvalue weighted by Crippen LogP contribution is -1.99. The van der Waals surface area contributed by atoms with Crippen LogP contribution in [0, 0.1) is 6.92 Å². The maximum absolute atomic E-state index is 4.63. The zero-order valence-electron chi connectivity index (χ0n) is 8.68. The van der Waals surface area contributed by atoms with Crippen molar-refractivity contribution in [2.75, 3.05) is 11.5 Å². The van der Waals surface area contributed by atoms with E-state index in [0.717, 1.165) is 11.5 Å². The van der Waals surface area contributed by atoms with Gasteiger partial charge in [-0.2, -0.15) is 16.9 Å². The molecule has 1 aliphatic rings. The van der Waals surface area contributed by atoms with E-state index in [1.807, 2.05) is 28.5 Å². The van der Waals surface area contributed by atoms with E-state index in [9.17, 15) is 0 Å². The molecule has 1 unspecified atom stereocenters. The van der Waals surface area contributed by atoms with Crippen LogP contribution in [0.25, 0.3) is 5.65 Å². The van der Waals surface area contributed by atoms with Gasteiger partial charge in [0.1, 0.15) is 0 Å². The first-order valence-corrected chi connectivity index (χ1v) is 6.40. The van der Waals surface area contributed by atoms with E-state index >= 15 is 0 Å². The van der Waals surface area contributed by atoms with Crippen molar-refractivity contribution >= 4 is 17.4 Å². The third-order valence-corrected chi connectivity index (χ3v) is 4.03. The van der Waals surface area contributed by atoms with Gasteiger partial charge in [-0.15, -0.1) is 0 Å². The monoisotopic (exact) mass is 219 g/mol. The molecule has 0 radical (unpaired) electrons. The lowest BCUT2D eigenvalue weighted by molar-refractivity contribution is 0.713. The molecule has 0 saturated carbocycles. The van der Waals surface area contributed by atoms with Gasteiger partial charge in [-0.25, -0.2) is 9.50 Å². The Kier molecular flexibility index (Phi) is 2.16. The fraction of sp³-hybridized carbons (Fsp3) is 0.455. The van der Waals surface area contributed by atoms with E-state index in [2.05, 4.69) is 23.1 Å². The van der Waals surface area contributed by atoms with Gasteiger partial charge in [0.15, 0.2) is 11.5 Å². The summed E-state index contributed by atoms with van der Waals surface area (Å²) in [6.07, 6.45) is 3.20. The van der Waals surface area contributed by atoms with Crippen LogP contribution in [0.1, 0.15) is 23.7 Å². The van der Waals surface area contributed by atoms with Gasteiger partial charge in [0.05, 0.1) is 0 Å². The van der Waals surface area contributed by atoms with Crippen molar-refractivity contribution in [3.8, 4) is 0 Å². The van der Waals surface area contributed by atoms with Crippen LogP contribution in [0.4, 0.5) is 0 Å². The summed E-state index contributed by atoms with van der Waals surface area (Å²) in [5.41, 5.74) is 2.20. The number of nitrogens with zero attached hydrogens (tertiary/aromatic N) is 3. The number of aryl methyl sites for hydroxylation is 1. The van der Waals surface area contributed by atoms with Gasteiger partial charge in [-0.1, -0.05) is 6.07 Å². The standard InChI is InChI=1S/C11H13N3S/c1-8-3-2-5-14-11(8)12-10(13-14)9-4-6-15-7-9/h2-3,5,9H,4,6-7H2,1H3. The van der Waals surface area contributed by atoms with Crippen LogP contribution in [-0.4, -0.2) is 26.1 Å². The molecule has 1 saturated heterocycles. The van der Waals surface area contributed by atoms with Crippen molar-refractivity contribution in [3.63, 3.8) is 0 Å². The first kappa shape index (κ1) is 9.21. The smallest absolute Gasteiger partial charge is 0.158 e. The first-order valence-electron chi connectivity index (χ1n) is 5.24. The van der Waals surface area contributed by atoms with Crippen molar-refractivity contribution in [3.05, 3.63) is 29.7 Å². The summed E-state index contributed by atoms with van der Waals surface area (Å²) >= 11 is 2.00. The van der Waals surface area contributed by atoms with Crippen molar-refractivity contribution < 1.29 is 0 Å². The quantitative estimate of drug-likeness (QED) is 0.737. The minimum atomic E-state index is 0.564. The lowest BCUT2D eigenvalue weighted by atomic mass is 10.1. The van der Waals surface area contributed by atoms with Crippen LogP contribution in [0.5, 0.6) is 0 Å². The van der Waals surface area contributed by atoms with Crippen LogP contribution in [0.3, 0.4) is 0 Å². The van der Waals surface area contributed by atoms with Gasteiger partial charge in [-0.05, 0) is 30.7 Å². The predicted molar refractivity (Wildman–Crippen MR) is 62.4 cm³/mol. The Bertz CT molecular complexity index is 486. The summed E-state index contributed by atoms with van der Waals surface area (Å²) in [4.78, 5) is 4.63. The van der Waals surface area contributed by atoms with E-state index in [1.54, 1.807) is 0 Å². The molecule has 0 spiro atoms. The molecule has 0 N–H and O–H groups in total. The molecule has 0 aromatic carbocycles. The van der Waals surface area contributed by atoms with Crippen LogP contribution in [0.2, 0.25) is 0 Å². The largest absolute Gasteiger partial charge is 0.221 e. The minimum absolute atomic E-state index is 0.564. The highest BCUT2D eigenvalue weighted by Gasteiger charge is 2.21. The highest BCUT2D eigenvalue weighted by atomic mass is 32.2. The SMILES string of the molecule is Cc1cccn2nc(C3CCSC3)nc12. The Morgan fingerprint density at radius 3 is 3.20 bits per heavy atom. The zero-order valence-corrected chi connectivity index (χ0v) is 9.50. The third kappa shape index (κ3) is 1.53. The summed E-state index contributed by atoms with van der Waals surface area (Å²) < 4.78 is 1.90. The number of hydrogen-bond acceptors (Lipinski definition) is 3. The fourth-order valence-corrected chi connectivity index (χ4v) is 3.19. The molecule has 3 rings (SSSR count). The first-order chi connectivity index (χ1) is 7.34. The highest BCUT2D eigenvalue weighted by Crippen LogP contribution is 2.30. The second-order valence-corrected chi connectivity index (χ2v) is 5.14. The topological polar surface area (TPSA) is 30.2 Å². The van der Waals surface area contributed by atoms with Gasteiger partial charge in [0.25, 0.3) is 0 Å². The van der Waals surface area contributed by atoms with E-state index in [-0.39, 0.29) is 0 Å². The van der Waals surface area contributed by atoms with E-state index in [0.29, 0.717) is 5.92 Å². The lowest BCUT2D eigenvalue weighted by Gasteiger charge is -1.99. The van der Waals surface area contributed by atoms with Crippen molar-refractivity contribution in [2.24, 2.45) is 0 Å². The third-order valence-electron chi connectivity index (χ3n) is 2.87. The zero-order chi connectivity index (χ0) is 10.3. The molecule has 2 aromatic heterocycles. The predicted octanol–water partition coefficient (Wildman–Crippen LogP) is 2.26. The molecule has 15 heavy (non-hydrogen) atoms. The number of pyridine rings is 1. The number of aromatic nitrogens is 3. The Balaban J connectivity index is 2.09. The Labute approximate surface area is 92.9 Å². The molecule has 78 valence electrons. The summed E-state index contributed by atoms with van der Waals surface area (Å²) in [5, 5.41) is 4.55. The average molecular weight is 219 g/mol. The Morgan fingerprint density at radius 2 is 2.47 bits per heavy atom. The molecular formula is C11H13N3S. The fourth-order valence-electron chi connectivity index (χ4n) is 1.97. The van der Waals surface area contributed by atoms with E-state index in [1.165, 1.54) is 23.5 Å². The molecule has 3 nitrogen and oxygen atoms in total. The molecule has 3 heterocycles. The summed E-state index contributed by atoms with van der Waals surface area (Å²) in [6.45, 7) is 2.08. The van der Waals surface area contributed by atoms with Gasteiger partial charge in [0.2, 0.25) is 0 Å². The summed E-state index contributed by atoms with van der Waals surface area (Å²) in [7, 11) is 0. The van der Waals surface area contributed by atoms with Crippen molar-refractivity contribution in [1.29, 1.82) is 0 Å². The molecule has 4 heteroatoms. The van der Waals surface area contributed by atoms with Crippen molar-refractivity contribution in [1.82, 2.24) is 14.6 Å². The highest BCUT2D eigenvalue weighted by molar-refractivity contribution is 7.99. The van der Waals surface area contributed by atoms with Crippen LogP contribution >= 0.6 is 11.8 Å². The van der Waals surface area contributed by atoms with Gasteiger partial charge in [-0.3, -0.25) is 0 Å². The summed E-state index contributed by atoms with van der Waals surface area (Å²) in [5.74, 6) is 4.01. The van der Waals surface area contributed by atoms with Gasteiger partial charge in [0, 0.05) is 17.9 Å². The minimum Gasteiger partial charge on any atom is -0.221 e. The molecule has 1 atom stereocenters. The number of thioether (sulfide) groups is 1. The number of hydrogen-bond donors (Lipinski definition) is 0. The van der Waals surface area contributed by atoms with Crippen molar-refractivity contribution in [2.45, 2.75) is 19.3 Å². The molecule has 2 aromatic rings. The van der Waals surface area contributed by atoms with E-state index < -0.39 is 0 Å². The number of fused-ring (bicyclic) bond motifs is 1. The molecule has 0 aliphatic carbocycles. The van der Waals surface area contributed by atoms with Crippen LogP contribution in [-0.2, 0) is 0 Å². The molecule has 1 fully saturated rings. The van der Waals surface area contributed by atoms with Gasteiger partial charge < -0.3 is 0 Å². The van der Waals surface area contributed by atoms with Crippen LogP contribution in [0.15, 0.2) is 18.3 Å². The molecule has 1 aliphatic heterocycles. The second kappa shape index (κ2) is 3.52. The summed E-state index contributed by atoms with van der Waals surface area (Å²) in [6, 6.07) is 4.10. The maximum atomic E-state index is 4.63. The maximum Gasteiger partial charge on any atom is 0.158 e. The normalized spacial score (nSPS) is 21.3. The Hall–Kier alpha value is -1.03. The molecular weight excluding hydrogens is 206 g/mol. The van der Waals surface area contributed by atoms with Crippen LogP contribution < -0.4 is 0 Å². The van der Waals surface area contributed by atoms with E-state index in [4.69, 9.17) is 0 Å². The number of rotatable bonds is 1. The second-order valence-electron chi connectivity index (χ2n) is 3.99. The Morgan fingerprint density at radius 1 is 1.53 bits per heavy atom. The average Bonchev–Trinajstić information content (AvgIpc) is 2.86.